The molecule has 0 aliphatic rings. The largest absolute Gasteiger partial charge is 0.506 e. The summed E-state index contributed by atoms with van der Waals surface area (Å²) in [6.07, 6.45) is -0.0126. The first-order valence-corrected chi connectivity index (χ1v) is 12.5. The van der Waals surface area contributed by atoms with Crippen molar-refractivity contribution in [3.63, 3.8) is 0 Å². The summed E-state index contributed by atoms with van der Waals surface area (Å²) in [4.78, 5) is 10.8. The van der Waals surface area contributed by atoms with Gasteiger partial charge in [-0.25, -0.2) is 0 Å². The lowest BCUT2D eigenvalue weighted by atomic mass is 10.1. The number of nitrogens with one attached hydrogen (secondary N) is 1. The number of carbonyl (C=O) groups is 1. The van der Waals surface area contributed by atoms with Crippen LogP contribution in [0.3, 0.4) is 0 Å². The molecule has 0 aliphatic carbocycles. The smallest absolute Gasteiger partial charge is 0.307 e. The third-order valence-electron chi connectivity index (χ3n) is 3.20. The summed E-state index contributed by atoms with van der Waals surface area (Å²) in [5, 5.41) is 37.8. The number of rotatable bonds is 8. The summed E-state index contributed by atoms with van der Waals surface area (Å²) in [6, 6.07) is 7.13. The molecule has 11 heteroatoms. The van der Waals surface area contributed by atoms with E-state index in [9.17, 15) is 9.90 Å². The first-order chi connectivity index (χ1) is 13.7. The van der Waals surface area contributed by atoms with Crippen LogP contribution in [0.4, 0.5) is 0 Å². The van der Waals surface area contributed by atoms with Gasteiger partial charge in [0.25, 0.3) is 0 Å². The zero-order valence-corrected chi connectivity index (χ0v) is 23.6. The minimum Gasteiger partial charge on any atom is -0.506 e. The highest BCUT2D eigenvalue weighted by atomic mass is 127. The van der Waals surface area contributed by atoms with E-state index in [1.165, 1.54) is 0 Å². The van der Waals surface area contributed by atoms with Crippen LogP contribution in [0.25, 0.3) is 0 Å². The van der Waals surface area contributed by atoms with Gasteiger partial charge in [-0.2, -0.15) is 0 Å². The summed E-state index contributed by atoms with van der Waals surface area (Å²) < 4.78 is 9.06. The van der Waals surface area contributed by atoms with Gasteiger partial charge in [-0.3, -0.25) is 4.79 Å². The van der Waals surface area contributed by atoms with Gasteiger partial charge in [0.15, 0.2) is 5.75 Å². The molecule has 2 rings (SSSR count). The summed E-state index contributed by atoms with van der Waals surface area (Å²) in [5.41, 5.74) is 0.739. The highest BCUT2D eigenvalue weighted by Gasteiger charge is 2.14. The van der Waals surface area contributed by atoms with Crippen LogP contribution in [0.5, 0.6) is 17.2 Å². The van der Waals surface area contributed by atoms with Crippen molar-refractivity contribution in [1.29, 1.82) is 0 Å². The van der Waals surface area contributed by atoms with Crippen molar-refractivity contribution in [2.75, 3.05) is 26.3 Å². The molecule has 0 unspecified atom stereocenters. The number of aliphatic hydroxyl groups is 2. The molecule has 0 fully saturated rings. The van der Waals surface area contributed by atoms with E-state index in [-0.39, 0.29) is 25.4 Å². The summed E-state index contributed by atoms with van der Waals surface area (Å²) in [7, 11) is 0. The maximum absolute atomic E-state index is 10.8. The van der Waals surface area contributed by atoms with Crippen molar-refractivity contribution < 1.29 is 30.0 Å². The molecule has 5 N–H and O–H groups in total. The standard InChI is InChI=1S/C14H8I4O4.C4H11NO2/c15-8-4-7(5-9(16)13(8)21)22-14-10(17)1-6(2-11(14)18)3-12(19)20;6-3-1-5-2-4-7/h1-2,4-5,21H,3H2,(H,19,20);5-7H,1-4H2. The Morgan fingerprint density at radius 3 is 1.79 bits per heavy atom. The zero-order valence-electron chi connectivity index (χ0n) is 15.0. The lowest BCUT2D eigenvalue weighted by Gasteiger charge is -2.13. The van der Waals surface area contributed by atoms with Crippen LogP contribution in [-0.2, 0) is 11.2 Å². The Bertz CT molecular complexity index is 784. The first-order valence-electron chi connectivity index (χ1n) is 8.17. The highest BCUT2D eigenvalue weighted by Crippen LogP contribution is 2.36. The third kappa shape index (κ3) is 9.98. The van der Waals surface area contributed by atoms with Crippen molar-refractivity contribution in [3.05, 3.63) is 44.1 Å². The summed E-state index contributed by atoms with van der Waals surface area (Å²) >= 11 is 8.37. The molecule has 0 saturated carbocycles. The van der Waals surface area contributed by atoms with Crippen LogP contribution in [0.15, 0.2) is 24.3 Å². The molecule has 0 spiro atoms. The van der Waals surface area contributed by atoms with Crippen LogP contribution in [0, 0.1) is 14.3 Å². The lowest BCUT2D eigenvalue weighted by Crippen LogP contribution is -2.21. The molecule has 0 bridgehead atoms. The molecule has 0 heterocycles. The van der Waals surface area contributed by atoms with Crippen molar-refractivity contribution in [2.45, 2.75) is 6.42 Å². The van der Waals surface area contributed by atoms with E-state index in [2.05, 4.69) is 95.7 Å². The van der Waals surface area contributed by atoms with Gasteiger partial charge >= 0.3 is 5.97 Å². The number of phenols is 1. The molecule has 2 aromatic rings. The Hall–Kier alpha value is 0.310. The van der Waals surface area contributed by atoms with Crippen molar-refractivity contribution >= 4 is 96.3 Å². The molecular formula is C18H19I4NO6. The zero-order chi connectivity index (χ0) is 22.0. The van der Waals surface area contributed by atoms with Gasteiger partial charge in [0.2, 0.25) is 0 Å². The number of carboxylic acid groups (broad SMARTS) is 1. The number of aliphatic hydroxyl groups excluding tert-OH is 2. The number of phenolic OH excluding ortho intramolecular Hbond substituents is 1. The van der Waals surface area contributed by atoms with Crippen molar-refractivity contribution in [2.24, 2.45) is 0 Å². The Morgan fingerprint density at radius 2 is 1.38 bits per heavy atom. The Labute approximate surface area is 223 Å². The quantitative estimate of drug-likeness (QED) is 0.203. The average molecular weight is 853 g/mol. The lowest BCUT2D eigenvalue weighted by molar-refractivity contribution is -0.136. The van der Waals surface area contributed by atoms with Crippen LogP contribution in [0.1, 0.15) is 5.56 Å². The molecule has 0 amide bonds. The minimum absolute atomic E-state index is 0.0126. The Balaban J connectivity index is 0.000000516. The first kappa shape index (κ1) is 27.3. The van der Waals surface area contributed by atoms with E-state index in [4.69, 9.17) is 20.1 Å². The maximum atomic E-state index is 10.8. The summed E-state index contributed by atoms with van der Waals surface area (Å²) in [5.74, 6) is 0.707. The minimum atomic E-state index is -0.858. The van der Waals surface area contributed by atoms with Crippen LogP contribution in [0.2, 0.25) is 0 Å². The summed E-state index contributed by atoms with van der Waals surface area (Å²) in [6.45, 7) is 1.42. The van der Waals surface area contributed by atoms with Crippen molar-refractivity contribution in [1.82, 2.24) is 5.32 Å². The third-order valence-corrected chi connectivity index (χ3v) is 6.45. The van der Waals surface area contributed by atoms with Crippen LogP contribution in [-0.4, -0.2) is 52.7 Å². The number of hydrogen-bond donors (Lipinski definition) is 5. The average Bonchev–Trinajstić information content (AvgIpc) is 2.63. The van der Waals surface area contributed by atoms with E-state index in [0.29, 0.717) is 31.7 Å². The Morgan fingerprint density at radius 1 is 0.897 bits per heavy atom. The number of hydrogen-bond acceptors (Lipinski definition) is 6. The second kappa shape index (κ2) is 14.4. The second-order valence-electron chi connectivity index (χ2n) is 5.49. The monoisotopic (exact) mass is 853 g/mol. The number of benzene rings is 2. The van der Waals surface area contributed by atoms with Gasteiger partial charge in [-0.05, 0) is 120 Å². The normalized spacial score (nSPS) is 10.3. The van der Waals surface area contributed by atoms with Gasteiger partial charge in [-0.15, -0.1) is 0 Å². The fraction of sp³-hybridized carbons (Fsp3) is 0.278. The fourth-order valence-corrected chi connectivity index (χ4v) is 5.82. The second-order valence-corrected chi connectivity index (χ2v) is 10.1. The van der Waals surface area contributed by atoms with Gasteiger partial charge in [0, 0.05) is 13.1 Å². The van der Waals surface area contributed by atoms with Gasteiger partial charge in [0.1, 0.15) is 11.5 Å². The maximum Gasteiger partial charge on any atom is 0.307 e. The molecule has 0 aliphatic heterocycles. The Kier molecular flexibility index (Phi) is 13.6. The van der Waals surface area contributed by atoms with E-state index in [1.54, 1.807) is 12.1 Å². The number of ether oxygens (including phenoxy) is 1. The number of carboxylic acids is 1. The molecule has 2 aromatic carbocycles. The predicted molar refractivity (Wildman–Crippen MR) is 144 cm³/mol. The topological polar surface area (TPSA) is 119 Å². The van der Waals surface area contributed by atoms with E-state index in [1.807, 2.05) is 12.1 Å². The van der Waals surface area contributed by atoms with Gasteiger partial charge in [-0.1, -0.05) is 0 Å². The molecular weight excluding hydrogens is 834 g/mol. The molecule has 0 radical (unpaired) electrons. The molecule has 0 atom stereocenters. The number of aromatic hydroxyl groups is 1. The van der Waals surface area contributed by atoms with Crippen LogP contribution >= 0.6 is 90.4 Å². The predicted octanol–water partition coefficient (Wildman–Crippen LogP) is 3.79. The van der Waals surface area contributed by atoms with Gasteiger partial charge in [0.05, 0.1) is 33.9 Å². The highest BCUT2D eigenvalue weighted by molar-refractivity contribution is 14.1. The van der Waals surface area contributed by atoms with E-state index >= 15 is 0 Å². The molecule has 29 heavy (non-hydrogen) atoms. The number of halogens is 4. The van der Waals surface area contributed by atoms with Gasteiger partial charge < -0.3 is 30.5 Å². The molecule has 0 aromatic heterocycles. The molecule has 7 nitrogen and oxygen atoms in total. The van der Waals surface area contributed by atoms with E-state index in [0.717, 1.165) is 12.7 Å². The molecule has 0 saturated heterocycles. The van der Waals surface area contributed by atoms with Crippen LogP contribution < -0.4 is 10.1 Å². The fourth-order valence-electron chi connectivity index (χ4n) is 1.99. The van der Waals surface area contributed by atoms with E-state index < -0.39 is 5.97 Å². The van der Waals surface area contributed by atoms with Crippen molar-refractivity contribution in [3.8, 4) is 17.2 Å². The SMILES string of the molecule is O=C(O)Cc1cc(I)c(Oc2cc(I)c(O)c(I)c2)c(I)c1.OCCNCCO. The molecule has 160 valence electrons. The number of aliphatic carboxylic acids is 1.